The Labute approximate surface area is 220 Å². The molecule has 1 heterocycles. The first-order chi connectivity index (χ1) is 18.0. The van der Waals surface area contributed by atoms with Crippen LogP contribution >= 0.6 is 0 Å². The second kappa shape index (κ2) is 13.3. The predicted octanol–water partition coefficient (Wildman–Crippen LogP) is 10.2. The zero-order chi connectivity index (χ0) is 26.2. The minimum Gasteiger partial charge on any atom is -0.373 e. The van der Waals surface area contributed by atoms with Crippen molar-refractivity contribution in [2.45, 2.75) is 84.2 Å². The maximum Gasteiger partial charge on any atom is 0.166 e. The third-order valence-corrected chi connectivity index (χ3v) is 7.64. The van der Waals surface area contributed by atoms with E-state index in [1.165, 1.54) is 38.5 Å². The molecule has 0 spiro atoms. The summed E-state index contributed by atoms with van der Waals surface area (Å²) < 4.78 is 50.3. The van der Waals surface area contributed by atoms with Gasteiger partial charge in [-0.1, -0.05) is 101 Å². The Bertz CT molecular complexity index is 1150. The van der Waals surface area contributed by atoms with Gasteiger partial charge in [-0.2, -0.15) is 0 Å². The van der Waals surface area contributed by atoms with Crippen LogP contribution in [-0.4, -0.2) is 6.61 Å². The molecule has 37 heavy (non-hydrogen) atoms. The molecule has 3 aromatic rings. The summed E-state index contributed by atoms with van der Waals surface area (Å²) in [5.74, 6) is -1.27. The van der Waals surface area contributed by atoms with E-state index in [2.05, 4.69) is 6.92 Å². The first kappa shape index (κ1) is 27.4. The molecule has 3 aromatic carbocycles. The van der Waals surface area contributed by atoms with Gasteiger partial charge in [0.1, 0.15) is 5.82 Å². The highest BCUT2D eigenvalue weighted by Gasteiger charge is 2.25. The van der Waals surface area contributed by atoms with Gasteiger partial charge in [0, 0.05) is 11.1 Å². The Morgan fingerprint density at radius 3 is 2.14 bits per heavy atom. The smallest absolute Gasteiger partial charge is 0.166 e. The van der Waals surface area contributed by atoms with Gasteiger partial charge < -0.3 is 4.74 Å². The van der Waals surface area contributed by atoms with E-state index in [0.717, 1.165) is 30.4 Å². The molecule has 1 nitrogen and oxygen atoms in total. The van der Waals surface area contributed by atoms with E-state index in [0.29, 0.717) is 35.6 Å². The lowest BCUT2D eigenvalue weighted by molar-refractivity contribution is -0.0215. The van der Waals surface area contributed by atoms with E-state index in [9.17, 15) is 8.78 Å². The number of hydrogen-bond donors (Lipinski definition) is 0. The molecular formula is C33H39F3O. The monoisotopic (exact) mass is 508 g/mol. The fourth-order valence-electron chi connectivity index (χ4n) is 5.40. The molecule has 2 atom stereocenters. The van der Waals surface area contributed by atoms with Gasteiger partial charge in [0.25, 0.3) is 0 Å². The minimum atomic E-state index is -0.819. The van der Waals surface area contributed by atoms with Crippen molar-refractivity contribution in [1.82, 2.24) is 0 Å². The van der Waals surface area contributed by atoms with E-state index in [-0.39, 0.29) is 17.5 Å². The quantitative estimate of drug-likeness (QED) is 0.234. The zero-order valence-electron chi connectivity index (χ0n) is 22.2. The molecule has 1 aliphatic rings. The van der Waals surface area contributed by atoms with Crippen LogP contribution in [0.1, 0.15) is 88.9 Å². The lowest BCUT2D eigenvalue weighted by Gasteiger charge is -2.29. The first-order valence-corrected chi connectivity index (χ1v) is 14.0. The standard InChI is InChI=1S/C33H39F3O/c1-3-5-6-7-8-10-23-11-20-31(37-22-23)29-19-17-27(21-30(29)34)24-12-14-25(15-13-24)28-18-16-26(9-4-2)32(35)33(28)36/h12-19,21,23,31H,3-11,20,22H2,1-2H3. The molecule has 2 unspecified atom stereocenters. The second-order valence-electron chi connectivity index (χ2n) is 10.4. The summed E-state index contributed by atoms with van der Waals surface area (Å²) >= 11 is 0. The number of aryl methyl sites for hydroxylation is 1. The number of ether oxygens (including phenoxy) is 1. The normalized spacial score (nSPS) is 17.8. The Hall–Kier alpha value is -2.59. The number of benzene rings is 3. The molecule has 1 aliphatic heterocycles. The molecule has 1 saturated heterocycles. The van der Waals surface area contributed by atoms with Crippen LogP contribution in [0.3, 0.4) is 0 Å². The highest BCUT2D eigenvalue weighted by Crippen LogP contribution is 2.36. The molecular weight excluding hydrogens is 469 g/mol. The lowest BCUT2D eigenvalue weighted by atomic mass is 9.90. The van der Waals surface area contributed by atoms with Crippen LogP contribution in [0.5, 0.6) is 0 Å². The SMILES string of the molecule is CCCCCCCC1CCC(c2ccc(-c3ccc(-c4ccc(CCC)c(F)c4F)cc3)cc2F)OC1. The summed E-state index contributed by atoms with van der Waals surface area (Å²) in [7, 11) is 0. The van der Waals surface area contributed by atoms with Gasteiger partial charge in [-0.3, -0.25) is 0 Å². The molecule has 0 aromatic heterocycles. The molecule has 0 bridgehead atoms. The fourth-order valence-corrected chi connectivity index (χ4v) is 5.40. The number of halogens is 3. The number of unbranched alkanes of at least 4 members (excludes halogenated alkanes) is 4. The summed E-state index contributed by atoms with van der Waals surface area (Å²) in [6, 6.07) is 15.7. The topological polar surface area (TPSA) is 9.23 Å². The average Bonchev–Trinajstić information content (AvgIpc) is 2.92. The molecule has 198 valence electrons. The van der Waals surface area contributed by atoms with Crippen molar-refractivity contribution < 1.29 is 17.9 Å². The molecule has 0 amide bonds. The Kier molecular flexibility index (Phi) is 9.85. The van der Waals surface area contributed by atoms with Crippen molar-refractivity contribution in [3.63, 3.8) is 0 Å². The van der Waals surface area contributed by atoms with Crippen molar-refractivity contribution in [2.75, 3.05) is 6.61 Å². The summed E-state index contributed by atoms with van der Waals surface area (Å²) in [5, 5.41) is 0. The van der Waals surface area contributed by atoms with Gasteiger partial charge in [-0.25, -0.2) is 13.2 Å². The fraction of sp³-hybridized carbons (Fsp3) is 0.455. The molecule has 1 fully saturated rings. The Morgan fingerprint density at radius 2 is 1.46 bits per heavy atom. The molecule has 0 radical (unpaired) electrons. The molecule has 4 heteroatoms. The van der Waals surface area contributed by atoms with Gasteiger partial charge in [0.05, 0.1) is 12.7 Å². The van der Waals surface area contributed by atoms with Gasteiger partial charge >= 0.3 is 0 Å². The van der Waals surface area contributed by atoms with Crippen molar-refractivity contribution >= 4 is 0 Å². The van der Waals surface area contributed by atoms with Crippen LogP contribution in [-0.2, 0) is 11.2 Å². The highest BCUT2D eigenvalue weighted by molar-refractivity contribution is 5.71. The van der Waals surface area contributed by atoms with E-state index >= 15 is 4.39 Å². The second-order valence-corrected chi connectivity index (χ2v) is 10.4. The summed E-state index contributed by atoms with van der Waals surface area (Å²) in [6.07, 6.45) is 10.6. The molecule has 4 rings (SSSR count). The van der Waals surface area contributed by atoms with Crippen LogP contribution in [0.2, 0.25) is 0 Å². The largest absolute Gasteiger partial charge is 0.373 e. The Morgan fingerprint density at radius 1 is 0.730 bits per heavy atom. The van der Waals surface area contributed by atoms with Crippen LogP contribution in [0.4, 0.5) is 13.2 Å². The third kappa shape index (κ3) is 6.84. The number of hydrogen-bond acceptors (Lipinski definition) is 1. The minimum absolute atomic E-state index is 0.193. The van der Waals surface area contributed by atoms with Crippen molar-refractivity contribution in [1.29, 1.82) is 0 Å². The van der Waals surface area contributed by atoms with E-state index in [1.54, 1.807) is 30.3 Å². The maximum absolute atomic E-state index is 15.1. The van der Waals surface area contributed by atoms with Crippen LogP contribution in [0, 0.1) is 23.4 Å². The van der Waals surface area contributed by atoms with Crippen LogP contribution in [0.15, 0.2) is 54.6 Å². The summed E-state index contributed by atoms with van der Waals surface area (Å²) in [4.78, 5) is 0. The maximum atomic E-state index is 15.1. The van der Waals surface area contributed by atoms with Crippen molar-refractivity contribution in [2.24, 2.45) is 5.92 Å². The van der Waals surface area contributed by atoms with Gasteiger partial charge in [-0.05, 0) is 59.9 Å². The lowest BCUT2D eigenvalue weighted by Crippen LogP contribution is -2.21. The summed E-state index contributed by atoms with van der Waals surface area (Å²) in [5.41, 5.74) is 3.42. The van der Waals surface area contributed by atoms with Gasteiger partial charge in [-0.15, -0.1) is 0 Å². The van der Waals surface area contributed by atoms with E-state index < -0.39 is 11.6 Å². The van der Waals surface area contributed by atoms with Crippen LogP contribution in [0.25, 0.3) is 22.3 Å². The predicted molar refractivity (Wildman–Crippen MR) is 146 cm³/mol. The first-order valence-electron chi connectivity index (χ1n) is 14.0. The third-order valence-electron chi connectivity index (χ3n) is 7.64. The molecule has 0 N–H and O–H groups in total. The summed E-state index contributed by atoms with van der Waals surface area (Å²) in [6.45, 7) is 4.88. The van der Waals surface area contributed by atoms with Crippen molar-refractivity contribution in [3.05, 3.63) is 83.2 Å². The zero-order valence-corrected chi connectivity index (χ0v) is 22.2. The molecule has 0 aliphatic carbocycles. The average molecular weight is 509 g/mol. The van der Waals surface area contributed by atoms with Crippen molar-refractivity contribution in [3.8, 4) is 22.3 Å². The van der Waals surface area contributed by atoms with Crippen LogP contribution < -0.4 is 0 Å². The van der Waals surface area contributed by atoms with Gasteiger partial charge in [0.15, 0.2) is 11.6 Å². The van der Waals surface area contributed by atoms with E-state index in [4.69, 9.17) is 4.74 Å². The highest BCUT2D eigenvalue weighted by atomic mass is 19.2. The van der Waals surface area contributed by atoms with Gasteiger partial charge in [0.2, 0.25) is 0 Å². The Balaban J connectivity index is 1.38. The molecule has 0 saturated carbocycles. The van der Waals surface area contributed by atoms with E-state index in [1.807, 2.05) is 31.2 Å². The number of rotatable bonds is 11.